The maximum atomic E-state index is 14.5. The second-order valence-corrected chi connectivity index (χ2v) is 8.41. The SMILES string of the molecule is Cn1ncc(N2C=C(N)SC2c2c(F)cccc2F)c1N1CCCCC(F)(F)C1. The summed E-state index contributed by atoms with van der Waals surface area (Å²) in [7, 11) is 1.66. The zero-order valence-corrected chi connectivity index (χ0v) is 16.6. The standard InChI is InChI=1S/C19H21F4N5S/c1-26-17(27-8-3-2-7-19(22,23)11-27)14(9-25-26)28-10-15(24)29-18(28)16-12(20)5-4-6-13(16)21/h4-6,9-10,18H,2-3,7-8,11,24H2,1H3. The van der Waals surface area contributed by atoms with E-state index < -0.39 is 29.5 Å². The van der Waals surface area contributed by atoms with E-state index in [1.165, 1.54) is 29.1 Å². The molecule has 0 saturated carbocycles. The number of anilines is 2. The van der Waals surface area contributed by atoms with Crippen LogP contribution in [-0.4, -0.2) is 28.8 Å². The minimum Gasteiger partial charge on any atom is -0.392 e. The van der Waals surface area contributed by atoms with Crippen LogP contribution in [0.25, 0.3) is 0 Å². The van der Waals surface area contributed by atoms with Crippen molar-refractivity contribution in [2.75, 3.05) is 22.9 Å². The number of aromatic nitrogens is 2. The molecule has 29 heavy (non-hydrogen) atoms. The van der Waals surface area contributed by atoms with Gasteiger partial charge in [0.1, 0.15) is 22.7 Å². The third kappa shape index (κ3) is 3.77. The molecular weight excluding hydrogens is 406 g/mol. The summed E-state index contributed by atoms with van der Waals surface area (Å²) in [5.41, 5.74) is 6.31. The van der Waals surface area contributed by atoms with Gasteiger partial charge >= 0.3 is 0 Å². The Labute approximate surface area is 170 Å². The molecule has 0 radical (unpaired) electrons. The van der Waals surface area contributed by atoms with E-state index in [0.717, 1.165) is 11.8 Å². The van der Waals surface area contributed by atoms with E-state index in [-0.39, 0.29) is 12.0 Å². The van der Waals surface area contributed by atoms with Crippen LogP contribution in [0.15, 0.2) is 35.6 Å². The Hall–Kier alpha value is -2.36. The molecule has 2 aliphatic heterocycles. The Kier molecular flexibility index (Phi) is 5.14. The number of hydrogen-bond donors (Lipinski definition) is 1. The average Bonchev–Trinajstić information content (AvgIpc) is 3.14. The molecule has 1 aromatic heterocycles. The van der Waals surface area contributed by atoms with Crippen molar-refractivity contribution in [3.05, 3.63) is 52.8 Å². The van der Waals surface area contributed by atoms with Crippen molar-refractivity contribution in [2.24, 2.45) is 12.8 Å². The van der Waals surface area contributed by atoms with E-state index in [1.807, 2.05) is 0 Å². The number of aryl methyl sites for hydroxylation is 1. The van der Waals surface area contributed by atoms with E-state index in [2.05, 4.69) is 5.10 Å². The molecule has 2 aliphatic rings. The lowest BCUT2D eigenvalue weighted by molar-refractivity contribution is 0.00329. The molecule has 1 atom stereocenters. The van der Waals surface area contributed by atoms with Crippen molar-refractivity contribution in [1.82, 2.24) is 9.78 Å². The number of thioether (sulfide) groups is 1. The van der Waals surface area contributed by atoms with Crippen LogP contribution in [0.2, 0.25) is 0 Å². The third-order valence-corrected chi connectivity index (χ3v) is 6.19. The molecule has 0 bridgehead atoms. The largest absolute Gasteiger partial charge is 0.392 e. The predicted molar refractivity (Wildman–Crippen MR) is 106 cm³/mol. The number of nitrogens with zero attached hydrogens (tertiary/aromatic N) is 4. The van der Waals surface area contributed by atoms with Crippen LogP contribution in [0.5, 0.6) is 0 Å². The van der Waals surface area contributed by atoms with E-state index in [4.69, 9.17) is 5.73 Å². The summed E-state index contributed by atoms with van der Waals surface area (Å²) < 4.78 is 58.9. The second-order valence-electron chi connectivity index (χ2n) is 7.26. The Morgan fingerprint density at radius 1 is 1.21 bits per heavy atom. The number of benzene rings is 1. The molecule has 10 heteroatoms. The molecule has 1 saturated heterocycles. The highest BCUT2D eigenvalue weighted by Crippen LogP contribution is 2.48. The fraction of sp³-hybridized carbons (Fsp3) is 0.421. The van der Waals surface area contributed by atoms with Gasteiger partial charge in [-0.05, 0) is 25.0 Å². The maximum absolute atomic E-state index is 14.5. The fourth-order valence-corrected chi connectivity index (χ4v) is 4.90. The highest BCUT2D eigenvalue weighted by molar-refractivity contribution is 8.03. The van der Waals surface area contributed by atoms with Crippen molar-refractivity contribution in [2.45, 2.75) is 30.6 Å². The number of hydrogen-bond acceptors (Lipinski definition) is 5. The van der Waals surface area contributed by atoms with Gasteiger partial charge in [-0.3, -0.25) is 4.68 Å². The van der Waals surface area contributed by atoms with Crippen LogP contribution >= 0.6 is 11.8 Å². The first-order valence-electron chi connectivity index (χ1n) is 9.28. The summed E-state index contributed by atoms with van der Waals surface area (Å²) >= 11 is 1.10. The average molecular weight is 427 g/mol. The summed E-state index contributed by atoms with van der Waals surface area (Å²) in [5.74, 6) is -3.73. The predicted octanol–water partition coefficient (Wildman–Crippen LogP) is 4.33. The molecule has 0 spiro atoms. The van der Waals surface area contributed by atoms with Gasteiger partial charge in [0.25, 0.3) is 5.92 Å². The van der Waals surface area contributed by atoms with E-state index >= 15 is 0 Å². The van der Waals surface area contributed by atoms with Gasteiger partial charge in [0, 0.05) is 26.2 Å². The monoisotopic (exact) mass is 427 g/mol. The van der Waals surface area contributed by atoms with Crippen LogP contribution in [0.1, 0.15) is 30.2 Å². The van der Waals surface area contributed by atoms with Crippen molar-refractivity contribution in [3.63, 3.8) is 0 Å². The summed E-state index contributed by atoms with van der Waals surface area (Å²) in [4.78, 5) is 3.20. The van der Waals surface area contributed by atoms with Gasteiger partial charge in [0.2, 0.25) is 0 Å². The molecule has 0 amide bonds. The van der Waals surface area contributed by atoms with Crippen molar-refractivity contribution < 1.29 is 17.6 Å². The molecular formula is C19H21F4N5S. The molecule has 0 aliphatic carbocycles. The summed E-state index contributed by atoms with van der Waals surface area (Å²) in [6, 6.07) is 3.67. The molecule has 1 aromatic carbocycles. The van der Waals surface area contributed by atoms with E-state index in [9.17, 15) is 17.6 Å². The first kappa shape index (κ1) is 19.9. The van der Waals surface area contributed by atoms with Crippen molar-refractivity contribution >= 4 is 23.3 Å². The number of rotatable bonds is 3. The zero-order chi connectivity index (χ0) is 20.8. The van der Waals surface area contributed by atoms with Crippen LogP contribution in [0.4, 0.5) is 29.1 Å². The van der Waals surface area contributed by atoms with Crippen LogP contribution in [0, 0.1) is 11.6 Å². The smallest absolute Gasteiger partial charge is 0.265 e. The molecule has 156 valence electrons. The minimum atomic E-state index is -2.82. The van der Waals surface area contributed by atoms with Gasteiger partial charge in [-0.25, -0.2) is 17.6 Å². The Morgan fingerprint density at radius 2 is 1.93 bits per heavy atom. The molecule has 1 unspecified atom stereocenters. The molecule has 3 heterocycles. The topological polar surface area (TPSA) is 50.3 Å². The van der Waals surface area contributed by atoms with Crippen molar-refractivity contribution in [3.8, 4) is 0 Å². The molecule has 5 nitrogen and oxygen atoms in total. The van der Waals surface area contributed by atoms with Gasteiger partial charge < -0.3 is 15.5 Å². The lowest BCUT2D eigenvalue weighted by Crippen LogP contribution is -2.37. The highest BCUT2D eigenvalue weighted by Gasteiger charge is 2.38. The van der Waals surface area contributed by atoms with Crippen LogP contribution < -0.4 is 15.5 Å². The Balaban J connectivity index is 1.76. The number of alkyl halides is 2. The Bertz CT molecular complexity index is 924. The van der Waals surface area contributed by atoms with Gasteiger partial charge in [0.05, 0.1) is 23.3 Å². The van der Waals surface area contributed by atoms with Gasteiger partial charge in [-0.2, -0.15) is 5.10 Å². The van der Waals surface area contributed by atoms with Gasteiger partial charge in [0.15, 0.2) is 5.82 Å². The number of halogens is 4. The molecule has 1 fully saturated rings. The number of nitrogens with two attached hydrogens (primary N) is 1. The lowest BCUT2D eigenvalue weighted by atomic mass is 10.1. The zero-order valence-electron chi connectivity index (χ0n) is 15.8. The van der Waals surface area contributed by atoms with Gasteiger partial charge in [-0.15, -0.1) is 0 Å². The molecule has 2 aromatic rings. The van der Waals surface area contributed by atoms with Gasteiger partial charge in [-0.1, -0.05) is 17.8 Å². The third-order valence-electron chi connectivity index (χ3n) is 5.12. The maximum Gasteiger partial charge on any atom is 0.265 e. The second kappa shape index (κ2) is 7.47. The summed E-state index contributed by atoms with van der Waals surface area (Å²) in [5, 5.41) is 3.80. The fourth-order valence-electron chi connectivity index (χ4n) is 3.83. The molecule has 2 N–H and O–H groups in total. The van der Waals surface area contributed by atoms with E-state index in [0.29, 0.717) is 35.9 Å². The normalized spacial score (nSPS) is 22.0. The first-order chi connectivity index (χ1) is 13.8. The molecule has 4 rings (SSSR count). The van der Waals surface area contributed by atoms with Crippen molar-refractivity contribution in [1.29, 1.82) is 0 Å². The first-order valence-corrected chi connectivity index (χ1v) is 10.2. The highest BCUT2D eigenvalue weighted by atomic mass is 32.2. The Morgan fingerprint density at radius 3 is 2.66 bits per heavy atom. The van der Waals surface area contributed by atoms with E-state index in [1.54, 1.807) is 23.0 Å². The lowest BCUT2D eigenvalue weighted by Gasteiger charge is -2.31. The summed E-state index contributed by atoms with van der Waals surface area (Å²) in [6.45, 7) is 0.0134. The quantitative estimate of drug-likeness (QED) is 0.739. The van der Waals surface area contributed by atoms with Crippen LogP contribution in [0.3, 0.4) is 0 Å². The minimum absolute atomic E-state index is 0.134. The summed E-state index contributed by atoms with van der Waals surface area (Å²) in [6.07, 6.45) is 3.98. The van der Waals surface area contributed by atoms with Crippen LogP contribution in [-0.2, 0) is 7.05 Å².